The van der Waals surface area contributed by atoms with Gasteiger partial charge in [-0.05, 0) is 30.0 Å². The number of benzene rings is 1. The molecule has 1 unspecified atom stereocenters. The summed E-state index contributed by atoms with van der Waals surface area (Å²) in [6.45, 7) is 10.5. The predicted octanol–water partition coefficient (Wildman–Crippen LogP) is 10.1. The molecular formula is C26H38F6OSi2. The fraction of sp³-hybridized carbons (Fsp3) is 0.692. The zero-order valence-electron chi connectivity index (χ0n) is 21.5. The molecular weight excluding hydrogens is 498 g/mol. The van der Waals surface area contributed by atoms with Crippen LogP contribution in [0, 0.1) is 17.5 Å². The van der Waals surface area contributed by atoms with Crippen LogP contribution in [-0.2, 0) is 5.92 Å². The Kier molecular flexibility index (Phi) is 8.61. The van der Waals surface area contributed by atoms with Crippen LogP contribution in [0.25, 0.3) is 5.83 Å². The van der Waals surface area contributed by atoms with Crippen molar-refractivity contribution in [2.24, 2.45) is 0 Å². The molecule has 1 aromatic carbocycles. The lowest BCUT2D eigenvalue weighted by molar-refractivity contribution is 0.0525. The van der Waals surface area contributed by atoms with Gasteiger partial charge in [0.25, 0.3) is 14.2 Å². The Morgan fingerprint density at radius 1 is 0.886 bits per heavy atom. The van der Waals surface area contributed by atoms with E-state index in [0.717, 1.165) is 56.3 Å². The van der Waals surface area contributed by atoms with Gasteiger partial charge in [0.05, 0.1) is 19.2 Å². The maximum Gasteiger partial charge on any atom is 0.299 e. The third-order valence-corrected chi connectivity index (χ3v) is 20.9. The molecule has 198 valence electrons. The summed E-state index contributed by atoms with van der Waals surface area (Å²) >= 11 is 0. The molecule has 1 fully saturated rings. The summed E-state index contributed by atoms with van der Waals surface area (Å²) in [6, 6.07) is 4.82. The Morgan fingerprint density at radius 3 is 1.97 bits per heavy atom. The van der Waals surface area contributed by atoms with Gasteiger partial charge in [0.2, 0.25) is 5.82 Å². The van der Waals surface area contributed by atoms with E-state index in [2.05, 4.69) is 20.8 Å². The molecule has 0 bridgehead atoms. The second kappa shape index (κ2) is 10.6. The monoisotopic (exact) mass is 536 g/mol. The number of hydrogen-bond donors (Lipinski definition) is 0. The Labute approximate surface area is 207 Å². The van der Waals surface area contributed by atoms with E-state index in [0.29, 0.717) is 6.04 Å². The zero-order valence-corrected chi connectivity index (χ0v) is 23.5. The lowest BCUT2D eigenvalue weighted by Crippen LogP contribution is -2.52. The van der Waals surface area contributed by atoms with E-state index >= 15 is 4.39 Å². The molecule has 0 heterocycles. The summed E-state index contributed by atoms with van der Waals surface area (Å²) in [5, 5.41) is 0. The van der Waals surface area contributed by atoms with E-state index in [1.54, 1.807) is 0 Å². The fourth-order valence-corrected chi connectivity index (χ4v) is 17.0. The highest BCUT2D eigenvalue weighted by molar-refractivity contribution is 6.83. The Hall–Kier alpha value is -1.23. The van der Waals surface area contributed by atoms with Crippen LogP contribution in [0.3, 0.4) is 0 Å². The highest BCUT2D eigenvalue weighted by atomic mass is 28.4. The molecule has 1 saturated carbocycles. The van der Waals surface area contributed by atoms with Gasteiger partial charge in [-0.1, -0.05) is 78.1 Å². The molecule has 0 radical (unpaired) electrons. The van der Waals surface area contributed by atoms with Crippen molar-refractivity contribution >= 4 is 22.2 Å². The number of halogens is 6. The van der Waals surface area contributed by atoms with Crippen molar-refractivity contribution in [1.82, 2.24) is 0 Å². The van der Waals surface area contributed by atoms with Crippen molar-refractivity contribution in [3.05, 3.63) is 34.7 Å². The highest BCUT2D eigenvalue weighted by Gasteiger charge is 2.53. The van der Waals surface area contributed by atoms with Crippen LogP contribution in [0.5, 0.6) is 5.75 Å². The third kappa shape index (κ3) is 5.00. The molecule has 0 spiro atoms. The number of alkyl halides is 2. The van der Waals surface area contributed by atoms with Gasteiger partial charge in [-0.15, -0.1) is 0 Å². The van der Waals surface area contributed by atoms with Crippen LogP contribution < -0.4 is 4.43 Å². The van der Waals surface area contributed by atoms with Crippen LogP contribution in [0.15, 0.2) is 6.08 Å². The average Bonchev–Trinajstić information content (AvgIpc) is 3.08. The first-order valence-corrected chi connectivity index (χ1v) is 18.2. The van der Waals surface area contributed by atoms with Crippen molar-refractivity contribution in [1.29, 1.82) is 0 Å². The van der Waals surface area contributed by atoms with Crippen LogP contribution in [0.2, 0.25) is 41.3 Å². The van der Waals surface area contributed by atoms with E-state index in [9.17, 15) is 22.0 Å². The lowest BCUT2D eigenvalue weighted by Gasteiger charge is -2.45. The number of rotatable bonds is 10. The Bertz CT molecular complexity index is 946. The molecule has 3 rings (SSSR count). The molecule has 35 heavy (non-hydrogen) atoms. The maximum absolute atomic E-state index is 15.2. The minimum absolute atomic E-state index is 0.0705. The standard InChI is InChI=1S/C26H38F6OSi2/c1-6-34(7-2,8-3)14-15-35(17(4)5,18-12-10-9-11-13-18)33-25-21-20(19(27)16-26(21,31)32)22(28)23(29)24(25)30/h16-18H,6-15H2,1-5H3. The van der Waals surface area contributed by atoms with Crippen molar-refractivity contribution < 1.29 is 30.8 Å². The van der Waals surface area contributed by atoms with Gasteiger partial charge in [0, 0.05) is 6.08 Å². The topological polar surface area (TPSA) is 9.23 Å². The summed E-state index contributed by atoms with van der Waals surface area (Å²) in [5.41, 5.74) is -2.40. The fourth-order valence-electron chi connectivity index (χ4n) is 6.32. The van der Waals surface area contributed by atoms with Gasteiger partial charge in [-0.25, -0.2) is 13.2 Å². The summed E-state index contributed by atoms with van der Waals surface area (Å²) < 4.78 is 94.8. The minimum Gasteiger partial charge on any atom is -0.541 e. The molecule has 2 aliphatic rings. The first-order chi connectivity index (χ1) is 16.4. The molecule has 0 aliphatic heterocycles. The van der Waals surface area contributed by atoms with Gasteiger partial charge < -0.3 is 4.43 Å². The van der Waals surface area contributed by atoms with E-state index in [4.69, 9.17) is 4.43 Å². The van der Waals surface area contributed by atoms with E-state index in [1.807, 2.05) is 13.8 Å². The van der Waals surface area contributed by atoms with Crippen LogP contribution >= 0.6 is 0 Å². The van der Waals surface area contributed by atoms with Gasteiger partial charge in [0.1, 0.15) is 5.83 Å². The summed E-state index contributed by atoms with van der Waals surface area (Å²) in [7, 11) is -4.68. The van der Waals surface area contributed by atoms with E-state index in [-0.39, 0.29) is 17.2 Å². The van der Waals surface area contributed by atoms with E-state index < -0.39 is 62.5 Å². The first kappa shape index (κ1) is 28.3. The molecule has 9 heteroatoms. The van der Waals surface area contributed by atoms with E-state index in [1.165, 1.54) is 0 Å². The second-order valence-corrected chi connectivity index (χ2v) is 21.0. The van der Waals surface area contributed by atoms with Gasteiger partial charge in [-0.3, -0.25) is 0 Å². The van der Waals surface area contributed by atoms with Gasteiger partial charge in [-0.2, -0.15) is 13.2 Å². The van der Waals surface area contributed by atoms with Crippen molar-refractivity contribution in [2.45, 2.75) is 114 Å². The van der Waals surface area contributed by atoms with Gasteiger partial charge >= 0.3 is 0 Å². The molecule has 1 nitrogen and oxygen atoms in total. The van der Waals surface area contributed by atoms with Crippen LogP contribution in [0.4, 0.5) is 26.3 Å². The van der Waals surface area contributed by atoms with Crippen molar-refractivity contribution in [2.75, 3.05) is 0 Å². The second-order valence-electron chi connectivity index (χ2n) is 10.7. The lowest BCUT2D eigenvalue weighted by atomic mass is 10.0. The van der Waals surface area contributed by atoms with Gasteiger partial charge in [0.15, 0.2) is 17.4 Å². The largest absolute Gasteiger partial charge is 0.541 e. The quantitative estimate of drug-likeness (QED) is 0.164. The molecule has 2 aliphatic carbocycles. The maximum atomic E-state index is 15.2. The van der Waals surface area contributed by atoms with Crippen molar-refractivity contribution in [3.8, 4) is 5.75 Å². The number of fused-ring (bicyclic) bond motifs is 1. The summed E-state index contributed by atoms with van der Waals surface area (Å²) in [6.07, 6.45) is 4.63. The Balaban J connectivity index is 2.19. The summed E-state index contributed by atoms with van der Waals surface area (Å²) in [4.78, 5) is 0. The molecule has 1 aromatic rings. The minimum atomic E-state index is -3.98. The smallest absolute Gasteiger partial charge is 0.299 e. The first-order valence-electron chi connectivity index (χ1n) is 13.1. The number of allylic oxidation sites excluding steroid dienone is 1. The molecule has 0 aromatic heterocycles. The van der Waals surface area contributed by atoms with Crippen LogP contribution in [-0.4, -0.2) is 16.4 Å². The highest BCUT2D eigenvalue weighted by Crippen LogP contribution is 2.54. The average molecular weight is 537 g/mol. The molecule has 1 atom stereocenters. The number of hydrogen-bond acceptors (Lipinski definition) is 1. The molecule has 0 N–H and O–H groups in total. The third-order valence-electron chi connectivity index (χ3n) is 9.02. The van der Waals surface area contributed by atoms with Crippen LogP contribution in [0.1, 0.15) is 77.8 Å². The normalized spacial score (nSPS) is 20.1. The predicted molar refractivity (Wildman–Crippen MR) is 134 cm³/mol. The molecule has 0 saturated heterocycles. The van der Waals surface area contributed by atoms with Crippen molar-refractivity contribution in [3.63, 3.8) is 0 Å². The molecule has 0 amide bonds. The summed E-state index contributed by atoms with van der Waals surface area (Å²) in [5.74, 6) is -12.2. The zero-order chi connectivity index (χ0) is 26.2. The SMILES string of the molecule is CC[Si](CC)(CC)CC[Si](Oc1c(F)c(F)c(F)c2c1C(F)(F)C=C2F)(C(C)C)C1CCCCC1. The Morgan fingerprint density at radius 2 is 1.46 bits per heavy atom.